The molecular weight excluding hydrogens is 328 g/mol. The molecule has 1 aromatic heterocycles. The highest BCUT2D eigenvalue weighted by atomic mass is 16.2. The molecule has 0 bridgehead atoms. The number of fused-ring (bicyclic) bond motifs is 1. The van der Waals surface area contributed by atoms with Crippen LogP contribution in [0.25, 0.3) is 10.9 Å². The Hall–Kier alpha value is -2.81. The van der Waals surface area contributed by atoms with Gasteiger partial charge in [0.15, 0.2) is 0 Å². The van der Waals surface area contributed by atoms with Crippen LogP contribution in [0.15, 0.2) is 30.3 Å². The van der Waals surface area contributed by atoms with E-state index in [1.165, 1.54) is 0 Å². The fourth-order valence-corrected chi connectivity index (χ4v) is 3.72. The Balaban J connectivity index is 1.76. The predicted octanol–water partition coefficient (Wildman–Crippen LogP) is 2.50. The van der Waals surface area contributed by atoms with E-state index in [0.717, 1.165) is 36.6 Å². The summed E-state index contributed by atoms with van der Waals surface area (Å²) < 4.78 is 1.88. The second kappa shape index (κ2) is 7.61. The minimum Gasteiger partial charge on any atom is -0.347 e. The van der Waals surface area contributed by atoms with Crippen molar-refractivity contribution in [3.05, 3.63) is 36.0 Å². The summed E-state index contributed by atoms with van der Waals surface area (Å²) in [4.78, 5) is 25.3. The van der Waals surface area contributed by atoms with Crippen molar-refractivity contribution >= 4 is 22.7 Å². The van der Waals surface area contributed by atoms with Crippen molar-refractivity contribution in [3.8, 4) is 6.07 Å². The van der Waals surface area contributed by atoms with Crippen LogP contribution >= 0.6 is 0 Å². The minimum atomic E-state index is -0.529. The molecule has 1 heterocycles. The number of nitrogens with one attached hydrogen (secondary N) is 2. The second-order valence-electron chi connectivity index (χ2n) is 6.98. The van der Waals surface area contributed by atoms with Gasteiger partial charge in [-0.3, -0.25) is 9.59 Å². The van der Waals surface area contributed by atoms with Crippen LogP contribution in [-0.4, -0.2) is 28.5 Å². The lowest BCUT2D eigenvalue weighted by Gasteiger charge is -2.31. The SMILES string of the molecule is C[C@@H](C#N)NC(=O)[C@@H]1CCCC[C@@H]1NC(=O)c1cc2ccccc2n1C. The minimum absolute atomic E-state index is 0.152. The van der Waals surface area contributed by atoms with Crippen molar-refractivity contribution in [1.82, 2.24) is 15.2 Å². The Morgan fingerprint density at radius 2 is 2.00 bits per heavy atom. The highest BCUT2D eigenvalue weighted by molar-refractivity contribution is 5.99. The Kier molecular flexibility index (Phi) is 5.27. The van der Waals surface area contributed by atoms with Crippen molar-refractivity contribution in [2.75, 3.05) is 0 Å². The zero-order chi connectivity index (χ0) is 18.7. The lowest BCUT2D eigenvalue weighted by Crippen LogP contribution is -2.49. The molecule has 1 aromatic carbocycles. The standard InChI is InChI=1S/C20H24N4O2/c1-13(12-21)22-19(25)15-8-4-5-9-16(15)23-20(26)18-11-14-7-3-6-10-17(14)24(18)2/h3,6-7,10-11,13,15-16H,4-5,8-9H2,1-2H3,(H,22,25)(H,23,26)/t13-,15+,16-/m0/s1. The van der Waals surface area contributed by atoms with Crippen LogP contribution in [0, 0.1) is 17.2 Å². The lowest BCUT2D eigenvalue weighted by atomic mass is 9.83. The fourth-order valence-electron chi connectivity index (χ4n) is 3.72. The molecule has 136 valence electrons. The summed E-state index contributed by atoms with van der Waals surface area (Å²) >= 11 is 0. The summed E-state index contributed by atoms with van der Waals surface area (Å²) in [5.74, 6) is -0.610. The van der Waals surface area contributed by atoms with Crippen LogP contribution in [0.1, 0.15) is 43.1 Å². The summed E-state index contributed by atoms with van der Waals surface area (Å²) in [6.07, 6.45) is 3.44. The molecule has 0 spiro atoms. The molecule has 3 rings (SSSR count). The summed E-state index contributed by atoms with van der Waals surface area (Å²) in [5.41, 5.74) is 1.58. The Morgan fingerprint density at radius 1 is 1.27 bits per heavy atom. The number of rotatable bonds is 4. The van der Waals surface area contributed by atoms with Crippen LogP contribution in [-0.2, 0) is 11.8 Å². The van der Waals surface area contributed by atoms with E-state index in [-0.39, 0.29) is 23.8 Å². The van der Waals surface area contributed by atoms with Gasteiger partial charge in [0, 0.05) is 24.0 Å². The van der Waals surface area contributed by atoms with E-state index in [1.54, 1.807) is 6.92 Å². The summed E-state index contributed by atoms with van der Waals surface area (Å²) in [6, 6.07) is 11.0. The topological polar surface area (TPSA) is 86.9 Å². The van der Waals surface area contributed by atoms with Crippen molar-refractivity contribution in [2.45, 2.75) is 44.7 Å². The summed E-state index contributed by atoms with van der Waals surface area (Å²) in [6.45, 7) is 1.66. The van der Waals surface area contributed by atoms with Gasteiger partial charge in [0.1, 0.15) is 11.7 Å². The average molecular weight is 352 g/mol. The number of para-hydroxylation sites is 1. The number of nitrogens with zero attached hydrogens (tertiary/aromatic N) is 2. The average Bonchev–Trinajstić information content (AvgIpc) is 2.99. The normalized spacial score (nSPS) is 21.0. The molecule has 2 amide bonds. The van der Waals surface area contributed by atoms with Gasteiger partial charge in [-0.15, -0.1) is 0 Å². The van der Waals surface area contributed by atoms with Crippen molar-refractivity contribution in [3.63, 3.8) is 0 Å². The number of aromatic nitrogens is 1. The maximum Gasteiger partial charge on any atom is 0.268 e. The molecule has 0 aliphatic heterocycles. The highest BCUT2D eigenvalue weighted by Gasteiger charge is 2.33. The molecular formula is C20H24N4O2. The van der Waals surface area contributed by atoms with Crippen LogP contribution < -0.4 is 10.6 Å². The van der Waals surface area contributed by atoms with Crippen LogP contribution in [0.3, 0.4) is 0 Å². The van der Waals surface area contributed by atoms with E-state index in [0.29, 0.717) is 5.69 Å². The molecule has 3 atom stereocenters. The van der Waals surface area contributed by atoms with E-state index in [4.69, 9.17) is 5.26 Å². The number of nitriles is 1. The first-order chi connectivity index (χ1) is 12.5. The third-order valence-electron chi connectivity index (χ3n) is 5.16. The van der Waals surface area contributed by atoms with Gasteiger partial charge in [-0.25, -0.2) is 0 Å². The number of hydrogen-bond acceptors (Lipinski definition) is 3. The van der Waals surface area contributed by atoms with Crippen LogP contribution in [0.5, 0.6) is 0 Å². The first-order valence-electron chi connectivity index (χ1n) is 9.06. The second-order valence-corrected chi connectivity index (χ2v) is 6.98. The number of aryl methyl sites for hydroxylation is 1. The number of benzene rings is 1. The molecule has 0 unspecified atom stereocenters. The molecule has 0 radical (unpaired) electrons. The zero-order valence-electron chi connectivity index (χ0n) is 15.2. The molecule has 1 fully saturated rings. The number of carbonyl (C=O) groups excluding carboxylic acids is 2. The largest absolute Gasteiger partial charge is 0.347 e. The molecule has 2 N–H and O–H groups in total. The maximum absolute atomic E-state index is 12.8. The van der Waals surface area contributed by atoms with Gasteiger partial charge >= 0.3 is 0 Å². The Labute approximate surface area is 153 Å². The number of carbonyl (C=O) groups is 2. The lowest BCUT2D eigenvalue weighted by molar-refractivity contribution is -0.127. The Morgan fingerprint density at radius 3 is 2.73 bits per heavy atom. The van der Waals surface area contributed by atoms with Crippen molar-refractivity contribution < 1.29 is 9.59 Å². The van der Waals surface area contributed by atoms with E-state index in [9.17, 15) is 9.59 Å². The van der Waals surface area contributed by atoms with Crippen molar-refractivity contribution in [2.24, 2.45) is 13.0 Å². The fraction of sp³-hybridized carbons (Fsp3) is 0.450. The van der Waals surface area contributed by atoms with Gasteiger partial charge in [0.2, 0.25) is 5.91 Å². The molecule has 6 nitrogen and oxygen atoms in total. The highest BCUT2D eigenvalue weighted by Crippen LogP contribution is 2.26. The van der Waals surface area contributed by atoms with Gasteiger partial charge in [0.25, 0.3) is 5.91 Å². The van der Waals surface area contributed by atoms with E-state index < -0.39 is 6.04 Å². The van der Waals surface area contributed by atoms with Gasteiger partial charge < -0.3 is 15.2 Å². The molecule has 0 saturated heterocycles. The monoisotopic (exact) mass is 352 g/mol. The number of hydrogen-bond donors (Lipinski definition) is 2. The first kappa shape index (κ1) is 18.0. The third-order valence-corrected chi connectivity index (χ3v) is 5.16. The third kappa shape index (κ3) is 3.57. The maximum atomic E-state index is 12.8. The van der Waals surface area contributed by atoms with Gasteiger partial charge in [-0.1, -0.05) is 31.0 Å². The van der Waals surface area contributed by atoms with Crippen molar-refractivity contribution in [1.29, 1.82) is 5.26 Å². The first-order valence-corrected chi connectivity index (χ1v) is 9.06. The predicted molar refractivity (Wildman–Crippen MR) is 99.3 cm³/mol. The molecule has 1 saturated carbocycles. The Bertz CT molecular complexity index is 864. The molecule has 1 aliphatic carbocycles. The number of amides is 2. The quantitative estimate of drug-likeness (QED) is 0.886. The van der Waals surface area contributed by atoms with Gasteiger partial charge in [-0.2, -0.15) is 5.26 Å². The summed E-state index contributed by atoms with van der Waals surface area (Å²) in [7, 11) is 1.87. The van der Waals surface area contributed by atoms with E-state index in [1.807, 2.05) is 48.0 Å². The van der Waals surface area contributed by atoms with E-state index in [2.05, 4.69) is 10.6 Å². The van der Waals surface area contributed by atoms with Gasteiger partial charge in [0.05, 0.1) is 12.0 Å². The van der Waals surface area contributed by atoms with Gasteiger partial charge in [-0.05, 0) is 31.9 Å². The van der Waals surface area contributed by atoms with Crippen LogP contribution in [0.4, 0.5) is 0 Å². The molecule has 2 aromatic rings. The summed E-state index contributed by atoms with van der Waals surface area (Å²) in [5, 5.41) is 15.7. The molecule has 26 heavy (non-hydrogen) atoms. The smallest absolute Gasteiger partial charge is 0.268 e. The van der Waals surface area contributed by atoms with E-state index >= 15 is 0 Å². The zero-order valence-corrected chi connectivity index (χ0v) is 15.2. The molecule has 6 heteroatoms. The molecule has 1 aliphatic rings. The van der Waals surface area contributed by atoms with Crippen LogP contribution in [0.2, 0.25) is 0 Å².